The fraction of sp³-hybridized carbons (Fsp3) is 0.0278. The van der Waals surface area contributed by atoms with Crippen LogP contribution in [-0.2, 0) is 10.8 Å². The Morgan fingerprint density at radius 1 is 0.253 bits per heavy atom. The van der Waals surface area contributed by atoms with E-state index in [2.05, 4.69) is 278 Å². The average molecular weight is 956 g/mol. The normalized spacial score (nSPS) is 14.0. The summed E-state index contributed by atoms with van der Waals surface area (Å²) in [5.41, 5.74) is 21.0. The third-order valence-electron chi connectivity index (χ3n) is 16.6. The first-order valence-corrected chi connectivity index (χ1v) is 25.9. The van der Waals surface area contributed by atoms with Crippen LogP contribution in [-0.4, -0.2) is 0 Å². The molecule has 350 valence electrons. The quantitative estimate of drug-likeness (QED) is 0.172. The first-order chi connectivity index (χ1) is 37.2. The predicted molar refractivity (Wildman–Crippen MR) is 304 cm³/mol. The van der Waals surface area contributed by atoms with Gasteiger partial charge in [-0.25, -0.2) is 0 Å². The first-order valence-electron chi connectivity index (χ1n) is 25.9. The Morgan fingerprint density at radius 2 is 0.680 bits per heavy atom. The Balaban J connectivity index is 1.01. The van der Waals surface area contributed by atoms with Gasteiger partial charge in [-0.05, 0) is 115 Å². The maximum absolute atomic E-state index is 6.81. The maximum Gasteiger partial charge on any atom is 0.132 e. The van der Waals surface area contributed by atoms with Crippen molar-refractivity contribution in [2.45, 2.75) is 10.8 Å². The van der Waals surface area contributed by atoms with Gasteiger partial charge in [0.1, 0.15) is 23.0 Å². The third kappa shape index (κ3) is 5.70. The molecular formula is C72H45NO2. The van der Waals surface area contributed by atoms with E-state index in [9.17, 15) is 0 Å². The van der Waals surface area contributed by atoms with Gasteiger partial charge in [-0.3, -0.25) is 0 Å². The molecule has 0 aromatic heterocycles. The molecule has 0 N–H and O–H groups in total. The standard InChI is InChI=1S/C72H45NO2/c1-2-20-46(21-3-1)47-38-40-48(41-39-47)50-22-8-15-33-64(50)73(49-42-43-53-51-23-6-9-27-57(51)71(63(53)44-49)59-29-11-16-34-66(59)74-67-35-17-12-30-60(67)71)65-45-56-52-24-7-10-28-58(52)72(70(56)55-26-5-4-25-54(55)65)61-31-13-18-36-68(61)75-69-37-19-14-32-62(69)72/h1-45H. The molecule has 3 nitrogen and oxygen atoms in total. The molecule has 0 saturated carbocycles. The molecule has 0 fully saturated rings. The van der Waals surface area contributed by atoms with Crippen LogP contribution in [0.5, 0.6) is 23.0 Å². The number of para-hydroxylation sites is 5. The molecule has 12 aromatic rings. The lowest BCUT2D eigenvalue weighted by Gasteiger charge is -2.40. The van der Waals surface area contributed by atoms with Crippen molar-refractivity contribution in [3.63, 3.8) is 0 Å². The van der Waals surface area contributed by atoms with Crippen molar-refractivity contribution in [1.29, 1.82) is 0 Å². The zero-order valence-corrected chi connectivity index (χ0v) is 40.7. The molecule has 2 heterocycles. The van der Waals surface area contributed by atoms with Gasteiger partial charge in [-0.15, -0.1) is 0 Å². The van der Waals surface area contributed by atoms with Gasteiger partial charge < -0.3 is 14.4 Å². The Hall–Kier alpha value is -9.70. The van der Waals surface area contributed by atoms with Crippen LogP contribution in [0, 0.1) is 0 Å². The summed E-state index contributed by atoms with van der Waals surface area (Å²) < 4.78 is 13.6. The molecule has 0 atom stereocenters. The second-order valence-electron chi connectivity index (χ2n) is 20.2. The van der Waals surface area contributed by atoms with Gasteiger partial charge in [0.2, 0.25) is 0 Å². The topological polar surface area (TPSA) is 21.7 Å². The highest BCUT2D eigenvalue weighted by Crippen LogP contribution is 2.66. The lowest BCUT2D eigenvalue weighted by atomic mass is 9.65. The smallest absolute Gasteiger partial charge is 0.132 e. The molecule has 2 aliphatic heterocycles. The van der Waals surface area contributed by atoms with Crippen molar-refractivity contribution in [3.05, 3.63) is 317 Å². The van der Waals surface area contributed by atoms with Crippen molar-refractivity contribution in [1.82, 2.24) is 0 Å². The van der Waals surface area contributed by atoms with Crippen LogP contribution >= 0.6 is 0 Å². The Kier molecular flexibility index (Phi) is 8.88. The number of nitrogens with zero attached hydrogens (tertiary/aromatic N) is 1. The summed E-state index contributed by atoms with van der Waals surface area (Å²) in [6.45, 7) is 0. The number of ether oxygens (including phenoxy) is 2. The summed E-state index contributed by atoms with van der Waals surface area (Å²) in [6.07, 6.45) is 0. The largest absolute Gasteiger partial charge is 0.457 e. The van der Waals surface area contributed by atoms with Gasteiger partial charge in [0, 0.05) is 38.9 Å². The number of benzene rings is 12. The molecule has 3 heteroatoms. The molecule has 2 aliphatic carbocycles. The number of anilines is 3. The molecule has 75 heavy (non-hydrogen) atoms. The SMILES string of the molecule is c1ccc(-c2ccc(-c3ccccc3N(c3ccc4c(c3)C3(c5ccccc5Oc5ccccc53)c3ccccc3-4)c3cc4c(c5ccccc35)C3(c5ccccc5Oc5ccccc53)c3ccccc3-4)cc2)cc1. The second kappa shape index (κ2) is 15.9. The lowest BCUT2D eigenvalue weighted by molar-refractivity contribution is 0.436. The van der Waals surface area contributed by atoms with E-state index in [1.807, 2.05) is 0 Å². The van der Waals surface area contributed by atoms with Crippen LogP contribution in [0.4, 0.5) is 17.1 Å². The number of hydrogen-bond acceptors (Lipinski definition) is 3. The second-order valence-corrected chi connectivity index (χ2v) is 20.2. The summed E-state index contributed by atoms with van der Waals surface area (Å²) in [5.74, 6) is 3.51. The van der Waals surface area contributed by atoms with E-state index >= 15 is 0 Å². The molecule has 2 spiro atoms. The van der Waals surface area contributed by atoms with Gasteiger partial charge in [-0.2, -0.15) is 0 Å². The fourth-order valence-corrected chi connectivity index (χ4v) is 13.7. The highest BCUT2D eigenvalue weighted by Gasteiger charge is 2.53. The van der Waals surface area contributed by atoms with Gasteiger partial charge in [0.05, 0.1) is 22.2 Å². The van der Waals surface area contributed by atoms with Crippen molar-refractivity contribution < 1.29 is 9.47 Å². The maximum atomic E-state index is 6.81. The Labute approximate surface area is 435 Å². The minimum atomic E-state index is -0.652. The first kappa shape index (κ1) is 41.9. The van der Waals surface area contributed by atoms with E-state index in [1.54, 1.807) is 0 Å². The molecular weight excluding hydrogens is 911 g/mol. The number of fused-ring (bicyclic) bond motifs is 20. The molecule has 16 rings (SSSR count). The summed E-state index contributed by atoms with van der Waals surface area (Å²) in [6, 6.07) is 100. The molecule has 0 saturated heterocycles. The van der Waals surface area contributed by atoms with E-state index < -0.39 is 10.8 Å². The zero-order chi connectivity index (χ0) is 49.2. The summed E-state index contributed by atoms with van der Waals surface area (Å²) in [5, 5.41) is 2.35. The lowest BCUT2D eigenvalue weighted by Crippen LogP contribution is -2.32. The van der Waals surface area contributed by atoms with Gasteiger partial charge >= 0.3 is 0 Å². The molecule has 4 aliphatic rings. The van der Waals surface area contributed by atoms with Crippen LogP contribution in [0.2, 0.25) is 0 Å². The van der Waals surface area contributed by atoms with Crippen LogP contribution < -0.4 is 14.4 Å². The van der Waals surface area contributed by atoms with E-state index in [1.165, 1.54) is 61.0 Å². The number of hydrogen-bond donors (Lipinski definition) is 0. The average Bonchev–Trinajstić information content (AvgIpc) is 4.05. The Morgan fingerprint density at radius 3 is 1.29 bits per heavy atom. The third-order valence-corrected chi connectivity index (χ3v) is 16.6. The monoisotopic (exact) mass is 955 g/mol. The minimum absolute atomic E-state index is 0.645. The zero-order valence-electron chi connectivity index (χ0n) is 40.7. The van der Waals surface area contributed by atoms with Gasteiger partial charge in [-0.1, -0.05) is 224 Å². The van der Waals surface area contributed by atoms with Gasteiger partial charge in [0.25, 0.3) is 0 Å². The number of rotatable bonds is 5. The van der Waals surface area contributed by atoms with Crippen LogP contribution in [0.15, 0.2) is 273 Å². The summed E-state index contributed by atoms with van der Waals surface area (Å²) >= 11 is 0. The van der Waals surface area contributed by atoms with E-state index in [4.69, 9.17) is 9.47 Å². The molecule has 0 bridgehead atoms. The predicted octanol–water partition coefficient (Wildman–Crippen LogP) is 18.6. The summed E-state index contributed by atoms with van der Waals surface area (Å²) in [7, 11) is 0. The molecule has 12 aromatic carbocycles. The minimum Gasteiger partial charge on any atom is -0.457 e. The van der Waals surface area contributed by atoms with Crippen molar-refractivity contribution >= 4 is 27.8 Å². The highest BCUT2D eigenvalue weighted by molar-refractivity contribution is 6.10. The van der Waals surface area contributed by atoms with Crippen molar-refractivity contribution in [3.8, 4) is 67.5 Å². The fourth-order valence-electron chi connectivity index (χ4n) is 13.7. The van der Waals surface area contributed by atoms with Crippen LogP contribution in [0.25, 0.3) is 55.3 Å². The van der Waals surface area contributed by atoms with Crippen LogP contribution in [0.3, 0.4) is 0 Å². The van der Waals surface area contributed by atoms with Crippen molar-refractivity contribution in [2.24, 2.45) is 0 Å². The summed E-state index contributed by atoms with van der Waals surface area (Å²) in [4.78, 5) is 2.55. The van der Waals surface area contributed by atoms with E-state index in [0.29, 0.717) is 0 Å². The van der Waals surface area contributed by atoms with Crippen molar-refractivity contribution in [2.75, 3.05) is 4.90 Å². The Bertz CT molecular complexity index is 4230. The highest BCUT2D eigenvalue weighted by atomic mass is 16.5. The van der Waals surface area contributed by atoms with Crippen LogP contribution in [0.1, 0.15) is 44.5 Å². The molecule has 0 amide bonds. The van der Waals surface area contributed by atoms with E-state index in [0.717, 1.165) is 78.8 Å². The molecule has 0 radical (unpaired) electrons. The van der Waals surface area contributed by atoms with E-state index in [-0.39, 0.29) is 0 Å². The molecule has 0 unspecified atom stereocenters. The van der Waals surface area contributed by atoms with Gasteiger partial charge in [0.15, 0.2) is 0 Å².